The molecule has 1 aliphatic rings. The second kappa shape index (κ2) is 7.87. The van der Waals surface area contributed by atoms with E-state index >= 15 is 0 Å². The van der Waals surface area contributed by atoms with Gasteiger partial charge in [-0.25, -0.2) is 4.98 Å². The molecule has 138 valence electrons. The smallest absolute Gasteiger partial charge is 0.263 e. The van der Waals surface area contributed by atoms with Crippen molar-refractivity contribution in [2.24, 2.45) is 5.92 Å². The molecule has 2 aromatic heterocycles. The summed E-state index contributed by atoms with van der Waals surface area (Å²) in [5, 5.41) is 10.7. The lowest BCUT2D eigenvalue weighted by atomic mass is 10.1. The Morgan fingerprint density at radius 3 is 2.93 bits per heavy atom. The van der Waals surface area contributed by atoms with Gasteiger partial charge in [-0.1, -0.05) is 42.1 Å². The monoisotopic (exact) mass is 395 g/mol. The molecule has 2 heterocycles. The summed E-state index contributed by atoms with van der Waals surface area (Å²) in [4.78, 5) is 20.4. The summed E-state index contributed by atoms with van der Waals surface area (Å²) < 4.78 is 1.83. The van der Waals surface area contributed by atoms with E-state index in [9.17, 15) is 4.79 Å². The van der Waals surface area contributed by atoms with E-state index in [4.69, 9.17) is 10.2 Å². The molecule has 1 aromatic carbocycles. The van der Waals surface area contributed by atoms with Crippen LogP contribution in [0.25, 0.3) is 10.2 Å². The molecule has 6 heteroatoms. The minimum absolute atomic E-state index is 0.0708. The van der Waals surface area contributed by atoms with Crippen molar-refractivity contribution < 1.29 is 0 Å². The average Bonchev–Trinajstić information content (AvgIpc) is 3.27. The number of nitriles is 1. The van der Waals surface area contributed by atoms with Gasteiger partial charge in [-0.15, -0.1) is 11.3 Å². The molecule has 0 saturated heterocycles. The lowest BCUT2D eigenvalue weighted by Crippen LogP contribution is -2.24. The molecule has 0 amide bonds. The first kappa shape index (κ1) is 18.3. The van der Waals surface area contributed by atoms with Crippen LogP contribution in [-0.2, 0) is 25.8 Å². The summed E-state index contributed by atoms with van der Waals surface area (Å²) >= 11 is 3.20. The number of hydrogen-bond donors (Lipinski definition) is 0. The Hall–Kier alpha value is -2.10. The highest BCUT2D eigenvalue weighted by Crippen LogP contribution is 2.35. The summed E-state index contributed by atoms with van der Waals surface area (Å²) in [5.41, 5.74) is 2.52. The minimum Gasteiger partial charge on any atom is -0.287 e. The molecule has 0 saturated carbocycles. The highest BCUT2D eigenvalue weighted by molar-refractivity contribution is 7.99. The molecular formula is C21H21N3OS2. The predicted molar refractivity (Wildman–Crippen MR) is 112 cm³/mol. The van der Waals surface area contributed by atoms with E-state index in [-0.39, 0.29) is 11.5 Å². The van der Waals surface area contributed by atoms with Crippen molar-refractivity contribution in [2.75, 3.05) is 5.75 Å². The second-order valence-corrected chi connectivity index (χ2v) is 9.04. The van der Waals surface area contributed by atoms with Crippen LogP contribution in [0.3, 0.4) is 0 Å². The van der Waals surface area contributed by atoms with Crippen LogP contribution in [0.1, 0.15) is 29.3 Å². The second-order valence-electron chi connectivity index (χ2n) is 6.97. The number of thiophene rings is 1. The Balaban J connectivity index is 1.74. The zero-order valence-corrected chi connectivity index (χ0v) is 16.9. The van der Waals surface area contributed by atoms with Crippen LogP contribution in [0.15, 0.2) is 40.3 Å². The number of fused-ring (bicyclic) bond motifs is 3. The van der Waals surface area contributed by atoms with Gasteiger partial charge in [0.2, 0.25) is 0 Å². The molecule has 0 spiro atoms. The summed E-state index contributed by atoms with van der Waals surface area (Å²) in [5.74, 6) is 0.573. The number of benzene rings is 1. The lowest BCUT2D eigenvalue weighted by Gasteiger charge is -2.13. The van der Waals surface area contributed by atoms with Gasteiger partial charge in [0.05, 0.1) is 17.4 Å². The highest BCUT2D eigenvalue weighted by atomic mass is 32.2. The normalized spacial score (nSPS) is 14.2. The first-order chi connectivity index (χ1) is 13.2. The van der Waals surface area contributed by atoms with Crippen LogP contribution in [0, 0.1) is 17.2 Å². The first-order valence-electron chi connectivity index (χ1n) is 9.29. The van der Waals surface area contributed by atoms with Gasteiger partial charge in [-0.2, -0.15) is 5.26 Å². The predicted octanol–water partition coefficient (Wildman–Crippen LogP) is 4.44. The van der Waals surface area contributed by atoms with Gasteiger partial charge in [0.25, 0.3) is 5.56 Å². The van der Waals surface area contributed by atoms with Gasteiger partial charge in [0, 0.05) is 17.2 Å². The standard InChI is InChI=1S/C21H21N3OS2/c1-14(12-22)13-26-21-23-19-18(16-8-5-9-17(16)27-19)20(25)24(21)11-10-15-6-3-2-4-7-15/h2-4,6-7,14H,5,8-11,13H2,1H3/t14-/m0/s1. The van der Waals surface area contributed by atoms with Gasteiger partial charge in [0.1, 0.15) is 4.83 Å². The highest BCUT2D eigenvalue weighted by Gasteiger charge is 2.23. The van der Waals surface area contributed by atoms with Crippen molar-refractivity contribution in [3.63, 3.8) is 0 Å². The molecule has 4 nitrogen and oxygen atoms in total. The molecule has 0 N–H and O–H groups in total. The van der Waals surface area contributed by atoms with Crippen molar-refractivity contribution >= 4 is 33.3 Å². The Bertz CT molecular complexity index is 1060. The zero-order valence-electron chi connectivity index (χ0n) is 15.3. The van der Waals surface area contributed by atoms with Crippen molar-refractivity contribution in [2.45, 2.75) is 44.3 Å². The van der Waals surface area contributed by atoms with Crippen LogP contribution < -0.4 is 5.56 Å². The van der Waals surface area contributed by atoms with E-state index in [0.29, 0.717) is 12.3 Å². The van der Waals surface area contributed by atoms with E-state index in [1.54, 1.807) is 11.3 Å². The number of nitrogens with zero attached hydrogens (tertiary/aromatic N) is 3. The van der Waals surface area contributed by atoms with E-state index < -0.39 is 0 Å². The van der Waals surface area contributed by atoms with Gasteiger partial charge in [0.15, 0.2) is 5.16 Å². The molecular weight excluding hydrogens is 374 g/mol. The van der Waals surface area contributed by atoms with Crippen LogP contribution in [0.2, 0.25) is 0 Å². The number of thioether (sulfide) groups is 1. The maximum atomic E-state index is 13.4. The summed E-state index contributed by atoms with van der Waals surface area (Å²) in [7, 11) is 0. The molecule has 0 radical (unpaired) electrons. The number of hydrogen-bond acceptors (Lipinski definition) is 5. The molecule has 4 rings (SSSR count). The zero-order chi connectivity index (χ0) is 18.8. The van der Waals surface area contributed by atoms with Crippen molar-refractivity contribution in [3.05, 3.63) is 56.7 Å². The quantitative estimate of drug-likeness (QED) is 0.457. The van der Waals surface area contributed by atoms with Crippen LogP contribution in [-0.4, -0.2) is 15.3 Å². The van der Waals surface area contributed by atoms with Gasteiger partial charge in [-0.3, -0.25) is 9.36 Å². The number of aromatic nitrogens is 2. The fourth-order valence-electron chi connectivity index (χ4n) is 3.49. The molecule has 1 atom stereocenters. The summed E-state index contributed by atoms with van der Waals surface area (Å²) in [6.45, 7) is 2.51. The Labute approximate surface area is 166 Å². The van der Waals surface area contributed by atoms with Crippen molar-refractivity contribution in [3.8, 4) is 6.07 Å². The number of rotatable bonds is 6. The Kier molecular flexibility index (Phi) is 5.33. The third-order valence-corrected chi connectivity index (χ3v) is 7.36. The third-order valence-electron chi connectivity index (χ3n) is 4.94. The topological polar surface area (TPSA) is 58.7 Å². The summed E-state index contributed by atoms with van der Waals surface area (Å²) in [6, 6.07) is 12.5. The van der Waals surface area contributed by atoms with Gasteiger partial charge in [-0.05, 0) is 43.7 Å². The van der Waals surface area contributed by atoms with Crippen LogP contribution in [0.4, 0.5) is 0 Å². The molecule has 0 unspecified atom stereocenters. The van der Waals surface area contributed by atoms with Gasteiger partial charge < -0.3 is 0 Å². The van der Waals surface area contributed by atoms with Crippen molar-refractivity contribution in [1.29, 1.82) is 5.26 Å². The fraction of sp³-hybridized carbons (Fsp3) is 0.381. The van der Waals surface area contributed by atoms with Crippen LogP contribution in [0.5, 0.6) is 0 Å². The maximum Gasteiger partial charge on any atom is 0.263 e. The van der Waals surface area contributed by atoms with E-state index in [0.717, 1.165) is 41.1 Å². The Morgan fingerprint density at radius 1 is 1.33 bits per heavy atom. The molecule has 27 heavy (non-hydrogen) atoms. The maximum absolute atomic E-state index is 13.4. The Morgan fingerprint density at radius 2 is 2.15 bits per heavy atom. The van der Waals surface area contributed by atoms with E-state index in [1.165, 1.54) is 27.8 Å². The molecule has 0 aliphatic heterocycles. The van der Waals surface area contributed by atoms with Crippen molar-refractivity contribution in [1.82, 2.24) is 9.55 Å². The fourth-order valence-corrected chi connectivity index (χ4v) is 5.76. The minimum atomic E-state index is -0.0708. The van der Waals surface area contributed by atoms with E-state index in [2.05, 4.69) is 18.2 Å². The SMILES string of the molecule is C[C@@H](C#N)CSc1nc2sc3c(c2c(=O)n1CCc1ccccc1)CCC3. The summed E-state index contributed by atoms with van der Waals surface area (Å²) in [6.07, 6.45) is 3.98. The average molecular weight is 396 g/mol. The molecule has 3 aromatic rings. The largest absolute Gasteiger partial charge is 0.287 e. The first-order valence-corrected chi connectivity index (χ1v) is 11.1. The van der Waals surface area contributed by atoms with E-state index in [1.807, 2.05) is 29.7 Å². The molecule has 0 fully saturated rings. The third kappa shape index (κ3) is 3.67. The lowest BCUT2D eigenvalue weighted by molar-refractivity contribution is 0.595. The molecule has 1 aliphatic carbocycles. The van der Waals surface area contributed by atoms with Gasteiger partial charge >= 0.3 is 0 Å². The molecule has 0 bridgehead atoms. The number of aryl methyl sites for hydroxylation is 3. The van der Waals surface area contributed by atoms with Crippen LogP contribution >= 0.6 is 23.1 Å².